The molecule has 0 radical (unpaired) electrons. The summed E-state index contributed by atoms with van der Waals surface area (Å²) in [7, 11) is 1.37. The molecule has 0 saturated carbocycles. The van der Waals surface area contributed by atoms with Crippen molar-refractivity contribution in [2.45, 2.75) is 66.0 Å². The topological polar surface area (TPSA) is 55.8 Å². The van der Waals surface area contributed by atoms with Crippen molar-refractivity contribution in [3.63, 3.8) is 0 Å². The van der Waals surface area contributed by atoms with Crippen molar-refractivity contribution in [2.24, 2.45) is 5.92 Å². The normalized spacial score (nSPS) is 12.5. The van der Waals surface area contributed by atoms with Crippen LogP contribution >= 0.6 is 0 Å². The van der Waals surface area contributed by atoms with Crippen molar-refractivity contribution in [1.29, 1.82) is 0 Å². The van der Waals surface area contributed by atoms with E-state index in [1.165, 1.54) is 7.11 Å². The van der Waals surface area contributed by atoms with Crippen LogP contribution in [0.4, 0.5) is 0 Å². The molecule has 5 nitrogen and oxygen atoms in total. The second-order valence-corrected chi connectivity index (χ2v) is 9.00. The first-order chi connectivity index (χ1) is 15.1. The largest absolute Gasteiger partial charge is 0.465 e. The molecular weight excluding hydrogens is 402 g/mol. The summed E-state index contributed by atoms with van der Waals surface area (Å²) >= 11 is 0. The van der Waals surface area contributed by atoms with Crippen molar-refractivity contribution in [1.82, 2.24) is 4.90 Å². The predicted octanol–water partition coefficient (Wildman–Crippen LogP) is 5.68. The number of nitrogens with zero attached hydrogens (tertiary/aromatic N) is 1. The van der Waals surface area contributed by atoms with Crippen molar-refractivity contribution in [3.8, 4) is 5.75 Å². The number of hydrogen-bond donors (Lipinski definition) is 0. The number of methoxy groups -OCH3 is 1. The van der Waals surface area contributed by atoms with E-state index in [1.807, 2.05) is 38.1 Å². The standard InChI is InChI=1S/C27H37NO4/c1-18(2)26(29)32-25-14-13-22(27(30)31-7)17-24(25)23(21-11-9-8-10-12-21)15-16-28(19(3)4)20(5)6/h8-14,17-20,23H,15-16H2,1-7H3/t23-/m1/s1. The van der Waals surface area contributed by atoms with Gasteiger partial charge in [-0.2, -0.15) is 0 Å². The third kappa shape index (κ3) is 6.67. The van der Waals surface area contributed by atoms with E-state index in [-0.39, 0.29) is 17.8 Å². The summed E-state index contributed by atoms with van der Waals surface area (Å²) < 4.78 is 10.7. The lowest BCUT2D eigenvalue weighted by molar-refractivity contribution is -0.137. The molecule has 1 atom stereocenters. The number of carbonyl (C=O) groups is 2. The summed E-state index contributed by atoms with van der Waals surface area (Å²) in [4.78, 5) is 27.1. The minimum Gasteiger partial charge on any atom is -0.465 e. The number of rotatable bonds is 10. The Hall–Kier alpha value is -2.66. The average molecular weight is 440 g/mol. The molecule has 5 heteroatoms. The van der Waals surface area contributed by atoms with E-state index < -0.39 is 5.97 Å². The Morgan fingerprint density at radius 3 is 2.06 bits per heavy atom. The summed E-state index contributed by atoms with van der Waals surface area (Å²) in [6.45, 7) is 13.3. The van der Waals surface area contributed by atoms with Crippen molar-refractivity contribution >= 4 is 11.9 Å². The van der Waals surface area contributed by atoms with Gasteiger partial charge in [-0.05, 0) is 64.4 Å². The molecule has 0 aliphatic rings. The van der Waals surface area contributed by atoms with Gasteiger partial charge in [0.2, 0.25) is 0 Å². The van der Waals surface area contributed by atoms with E-state index in [2.05, 4.69) is 44.7 Å². The van der Waals surface area contributed by atoms with Gasteiger partial charge in [0.15, 0.2) is 0 Å². The lowest BCUT2D eigenvalue weighted by Crippen LogP contribution is -2.38. The number of hydrogen-bond acceptors (Lipinski definition) is 5. The Kier molecular flexibility index (Phi) is 9.45. The molecule has 174 valence electrons. The SMILES string of the molecule is COC(=O)c1ccc(OC(=O)C(C)C)c([C@H](CCN(C(C)C)C(C)C)c2ccccc2)c1. The third-order valence-electron chi connectivity index (χ3n) is 5.69. The summed E-state index contributed by atoms with van der Waals surface area (Å²) in [5, 5.41) is 0. The maximum Gasteiger partial charge on any atom is 0.337 e. The first-order valence-corrected chi connectivity index (χ1v) is 11.4. The maximum absolute atomic E-state index is 12.4. The Labute approximate surface area is 192 Å². The highest BCUT2D eigenvalue weighted by atomic mass is 16.5. The van der Waals surface area contributed by atoms with E-state index in [1.54, 1.807) is 12.1 Å². The Morgan fingerprint density at radius 1 is 0.906 bits per heavy atom. The van der Waals surface area contributed by atoms with Gasteiger partial charge in [-0.15, -0.1) is 0 Å². The summed E-state index contributed by atoms with van der Waals surface area (Å²) in [5.74, 6) is -0.516. The first-order valence-electron chi connectivity index (χ1n) is 11.4. The molecule has 0 bridgehead atoms. The summed E-state index contributed by atoms with van der Waals surface area (Å²) in [6.07, 6.45) is 0.817. The number of esters is 2. The van der Waals surface area contributed by atoms with Gasteiger partial charge < -0.3 is 9.47 Å². The highest BCUT2D eigenvalue weighted by Gasteiger charge is 2.25. The zero-order valence-electron chi connectivity index (χ0n) is 20.4. The van der Waals surface area contributed by atoms with E-state index >= 15 is 0 Å². The zero-order chi connectivity index (χ0) is 23.8. The van der Waals surface area contributed by atoms with Crippen LogP contribution in [0, 0.1) is 5.92 Å². The molecule has 0 saturated heterocycles. The zero-order valence-corrected chi connectivity index (χ0v) is 20.4. The van der Waals surface area contributed by atoms with Gasteiger partial charge in [0, 0.05) is 23.6 Å². The first kappa shape index (κ1) is 25.6. The lowest BCUT2D eigenvalue weighted by atomic mass is 9.86. The summed E-state index contributed by atoms with van der Waals surface area (Å²) in [6, 6.07) is 16.1. The highest BCUT2D eigenvalue weighted by molar-refractivity contribution is 5.90. The van der Waals surface area contributed by atoms with Crippen LogP contribution in [0.3, 0.4) is 0 Å². The van der Waals surface area contributed by atoms with Gasteiger partial charge in [0.05, 0.1) is 18.6 Å². The fourth-order valence-corrected chi connectivity index (χ4v) is 3.96. The van der Waals surface area contributed by atoms with Crippen LogP contribution in [0.25, 0.3) is 0 Å². The molecule has 0 aromatic heterocycles. The number of benzene rings is 2. The average Bonchev–Trinajstić information content (AvgIpc) is 2.76. The quantitative estimate of drug-likeness (QED) is 0.352. The van der Waals surface area contributed by atoms with Crippen LogP contribution in [-0.2, 0) is 9.53 Å². The molecule has 0 N–H and O–H groups in total. The highest BCUT2D eigenvalue weighted by Crippen LogP contribution is 2.36. The smallest absolute Gasteiger partial charge is 0.337 e. The minimum absolute atomic E-state index is 0.0456. The number of ether oxygens (including phenoxy) is 2. The summed E-state index contributed by atoms with van der Waals surface area (Å²) in [5.41, 5.74) is 2.38. The molecule has 0 heterocycles. The molecule has 2 rings (SSSR count). The fourth-order valence-electron chi connectivity index (χ4n) is 3.96. The van der Waals surface area contributed by atoms with Gasteiger partial charge in [-0.25, -0.2) is 4.79 Å². The van der Waals surface area contributed by atoms with E-state index in [0.717, 1.165) is 24.1 Å². The van der Waals surface area contributed by atoms with Crippen LogP contribution in [0.5, 0.6) is 5.75 Å². The lowest BCUT2D eigenvalue weighted by Gasteiger charge is -2.32. The van der Waals surface area contributed by atoms with Crippen molar-refractivity contribution < 1.29 is 19.1 Å². The molecule has 2 aromatic carbocycles. The second-order valence-electron chi connectivity index (χ2n) is 9.00. The fraction of sp³-hybridized carbons (Fsp3) is 0.481. The molecule has 2 aromatic rings. The van der Waals surface area contributed by atoms with Gasteiger partial charge in [-0.1, -0.05) is 44.2 Å². The molecule has 0 fully saturated rings. The van der Waals surface area contributed by atoms with Crippen LogP contribution < -0.4 is 4.74 Å². The van der Waals surface area contributed by atoms with Crippen LogP contribution in [0.15, 0.2) is 48.5 Å². The number of carbonyl (C=O) groups excluding carboxylic acids is 2. The molecule has 0 unspecified atom stereocenters. The van der Waals surface area contributed by atoms with Crippen molar-refractivity contribution in [3.05, 3.63) is 65.2 Å². The molecule has 0 aliphatic carbocycles. The van der Waals surface area contributed by atoms with E-state index in [4.69, 9.17) is 9.47 Å². The Balaban J connectivity index is 2.56. The van der Waals surface area contributed by atoms with Gasteiger partial charge in [-0.3, -0.25) is 9.69 Å². The van der Waals surface area contributed by atoms with Crippen molar-refractivity contribution in [2.75, 3.05) is 13.7 Å². The Morgan fingerprint density at radius 2 is 1.53 bits per heavy atom. The van der Waals surface area contributed by atoms with Gasteiger partial charge in [0.1, 0.15) is 5.75 Å². The van der Waals surface area contributed by atoms with Gasteiger partial charge >= 0.3 is 11.9 Å². The molecule has 32 heavy (non-hydrogen) atoms. The second kappa shape index (κ2) is 11.8. The van der Waals surface area contributed by atoms with Crippen LogP contribution in [-0.4, -0.2) is 42.6 Å². The minimum atomic E-state index is -0.411. The molecule has 0 aliphatic heterocycles. The van der Waals surface area contributed by atoms with Gasteiger partial charge in [0.25, 0.3) is 0 Å². The van der Waals surface area contributed by atoms with Crippen LogP contribution in [0.1, 0.15) is 75.4 Å². The Bertz CT molecular complexity index is 882. The molecule has 0 spiro atoms. The maximum atomic E-state index is 12.4. The third-order valence-corrected chi connectivity index (χ3v) is 5.69. The van der Waals surface area contributed by atoms with E-state index in [9.17, 15) is 9.59 Å². The predicted molar refractivity (Wildman–Crippen MR) is 128 cm³/mol. The monoisotopic (exact) mass is 439 g/mol. The molecule has 0 amide bonds. The molecular formula is C27H37NO4. The van der Waals surface area contributed by atoms with Crippen LogP contribution in [0.2, 0.25) is 0 Å². The van der Waals surface area contributed by atoms with E-state index in [0.29, 0.717) is 23.4 Å².